The lowest BCUT2D eigenvalue weighted by Gasteiger charge is -2.11. The van der Waals surface area contributed by atoms with E-state index in [9.17, 15) is 5.26 Å². The number of aromatic nitrogens is 2. The molecule has 130 valence electrons. The van der Waals surface area contributed by atoms with Crippen LogP contribution in [0.4, 0.5) is 11.8 Å². The first kappa shape index (κ1) is 17.0. The topological polar surface area (TPSA) is 120 Å². The molecular weight excluding hydrogens is 330 g/mol. The van der Waals surface area contributed by atoms with Gasteiger partial charge in [0.1, 0.15) is 17.5 Å². The van der Waals surface area contributed by atoms with Crippen LogP contribution in [-0.2, 0) is 0 Å². The van der Waals surface area contributed by atoms with E-state index in [0.717, 1.165) is 16.7 Å². The Kier molecular flexibility index (Phi) is 4.58. The number of hydrogen-bond donors (Lipinski definition) is 2. The van der Waals surface area contributed by atoms with Gasteiger partial charge >= 0.3 is 0 Å². The van der Waals surface area contributed by atoms with E-state index in [1.54, 1.807) is 14.2 Å². The first-order chi connectivity index (χ1) is 12.6. The molecule has 7 nitrogen and oxygen atoms in total. The van der Waals surface area contributed by atoms with Crippen molar-refractivity contribution in [3.8, 4) is 40.0 Å². The van der Waals surface area contributed by atoms with E-state index < -0.39 is 0 Å². The van der Waals surface area contributed by atoms with Crippen molar-refractivity contribution in [3.63, 3.8) is 0 Å². The molecule has 0 aliphatic heterocycles. The predicted octanol–water partition coefficient (Wildman–Crippen LogP) is 2.86. The third kappa shape index (κ3) is 3.08. The number of rotatable bonds is 4. The third-order valence-corrected chi connectivity index (χ3v) is 3.92. The molecule has 2 aromatic carbocycles. The zero-order valence-electron chi connectivity index (χ0n) is 14.4. The van der Waals surface area contributed by atoms with Crippen molar-refractivity contribution in [2.24, 2.45) is 0 Å². The van der Waals surface area contributed by atoms with Crippen LogP contribution in [0.2, 0.25) is 0 Å². The maximum absolute atomic E-state index is 9.38. The first-order valence-corrected chi connectivity index (χ1v) is 7.73. The van der Waals surface area contributed by atoms with Crippen molar-refractivity contribution in [3.05, 3.63) is 48.0 Å². The number of methoxy groups -OCH3 is 2. The second-order valence-electron chi connectivity index (χ2n) is 5.45. The second kappa shape index (κ2) is 6.99. The van der Waals surface area contributed by atoms with Crippen LogP contribution in [0.5, 0.6) is 11.5 Å². The highest BCUT2D eigenvalue weighted by Crippen LogP contribution is 2.34. The lowest BCUT2D eigenvalue weighted by molar-refractivity contribution is 0.355. The van der Waals surface area contributed by atoms with E-state index in [1.165, 1.54) is 0 Å². The predicted molar refractivity (Wildman–Crippen MR) is 99.5 cm³/mol. The summed E-state index contributed by atoms with van der Waals surface area (Å²) in [5, 5.41) is 9.38. The number of nitrogens with two attached hydrogens (primary N) is 2. The van der Waals surface area contributed by atoms with Gasteiger partial charge in [0.25, 0.3) is 0 Å². The van der Waals surface area contributed by atoms with Crippen molar-refractivity contribution in [1.29, 1.82) is 5.26 Å². The fourth-order valence-corrected chi connectivity index (χ4v) is 2.68. The van der Waals surface area contributed by atoms with Crippen molar-refractivity contribution in [2.75, 3.05) is 25.7 Å². The lowest BCUT2D eigenvalue weighted by Crippen LogP contribution is -2.05. The zero-order valence-corrected chi connectivity index (χ0v) is 14.4. The fourth-order valence-electron chi connectivity index (χ4n) is 2.68. The summed E-state index contributed by atoms with van der Waals surface area (Å²) in [4.78, 5) is 8.03. The van der Waals surface area contributed by atoms with Gasteiger partial charge in [-0.1, -0.05) is 24.3 Å². The van der Waals surface area contributed by atoms with Crippen LogP contribution in [0, 0.1) is 11.3 Å². The van der Waals surface area contributed by atoms with Gasteiger partial charge in [-0.15, -0.1) is 0 Å². The van der Waals surface area contributed by atoms with Gasteiger partial charge in [0, 0.05) is 5.56 Å². The van der Waals surface area contributed by atoms with Gasteiger partial charge in [0.15, 0.2) is 11.5 Å². The van der Waals surface area contributed by atoms with Crippen LogP contribution in [0.1, 0.15) is 5.56 Å². The van der Waals surface area contributed by atoms with Gasteiger partial charge in [-0.25, -0.2) is 4.98 Å². The highest BCUT2D eigenvalue weighted by atomic mass is 16.5. The normalized spacial score (nSPS) is 10.2. The number of nitrogen functional groups attached to an aromatic ring is 2. The molecule has 0 spiro atoms. The molecule has 0 amide bonds. The Hall–Kier alpha value is -3.79. The molecule has 0 saturated heterocycles. The fraction of sp³-hybridized carbons (Fsp3) is 0.105. The summed E-state index contributed by atoms with van der Waals surface area (Å²) < 4.78 is 10.6. The minimum absolute atomic E-state index is 0.0213. The summed E-state index contributed by atoms with van der Waals surface area (Å²) in [5.41, 5.74) is 14.7. The molecule has 4 N–H and O–H groups in total. The number of ether oxygens (including phenoxy) is 2. The van der Waals surface area contributed by atoms with E-state index in [2.05, 4.69) is 9.97 Å². The maximum atomic E-state index is 9.38. The minimum atomic E-state index is 0.0213. The number of anilines is 2. The van der Waals surface area contributed by atoms with Gasteiger partial charge in [0.2, 0.25) is 5.95 Å². The van der Waals surface area contributed by atoms with E-state index in [-0.39, 0.29) is 17.3 Å². The summed E-state index contributed by atoms with van der Waals surface area (Å²) >= 11 is 0. The second-order valence-corrected chi connectivity index (χ2v) is 5.45. The summed E-state index contributed by atoms with van der Waals surface area (Å²) in [6.07, 6.45) is 0. The van der Waals surface area contributed by atoms with Crippen molar-refractivity contribution in [1.82, 2.24) is 9.97 Å². The average Bonchev–Trinajstić information content (AvgIpc) is 2.67. The maximum Gasteiger partial charge on any atom is 0.222 e. The van der Waals surface area contributed by atoms with Crippen LogP contribution in [-0.4, -0.2) is 24.2 Å². The summed E-state index contributed by atoms with van der Waals surface area (Å²) in [6.45, 7) is 0. The Morgan fingerprint density at radius 3 is 2.27 bits per heavy atom. The van der Waals surface area contributed by atoms with E-state index >= 15 is 0 Å². The minimum Gasteiger partial charge on any atom is -0.493 e. The smallest absolute Gasteiger partial charge is 0.222 e. The molecule has 1 heterocycles. The molecule has 0 saturated carbocycles. The quantitative estimate of drug-likeness (QED) is 0.744. The Morgan fingerprint density at radius 2 is 1.58 bits per heavy atom. The summed E-state index contributed by atoms with van der Waals surface area (Å²) in [5.74, 6) is 1.36. The largest absolute Gasteiger partial charge is 0.493 e. The molecule has 0 aliphatic rings. The molecule has 0 bridgehead atoms. The van der Waals surface area contributed by atoms with Crippen LogP contribution < -0.4 is 20.9 Å². The van der Waals surface area contributed by atoms with Gasteiger partial charge < -0.3 is 20.9 Å². The molecule has 0 aliphatic carbocycles. The van der Waals surface area contributed by atoms with Gasteiger partial charge in [-0.2, -0.15) is 10.2 Å². The number of hydrogen-bond acceptors (Lipinski definition) is 7. The zero-order chi connectivity index (χ0) is 18.7. The van der Waals surface area contributed by atoms with Crippen molar-refractivity contribution >= 4 is 11.8 Å². The molecule has 3 rings (SSSR count). The van der Waals surface area contributed by atoms with E-state index in [0.29, 0.717) is 17.2 Å². The van der Waals surface area contributed by atoms with Gasteiger partial charge in [0.05, 0.1) is 19.9 Å². The van der Waals surface area contributed by atoms with Crippen LogP contribution >= 0.6 is 0 Å². The Morgan fingerprint density at radius 1 is 0.885 bits per heavy atom. The Balaban J connectivity index is 2.12. The van der Waals surface area contributed by atoms with Gasteiger partial charge in [-0.3, -0.25) is 0 Å². The van der Waals surface area contributed by atoms with E-state index in [1.807, 2.05) is 48.5 Å². The summed E-state index contributed by atoms with van der Waals surface area (Å²) in [7, 11) is 3.18. The average molecular weight is 347 g/mol. The third-order valence-electron chi connectivity index (χ3n) is 3.92. The number of nitrogens with zero attached hydrogens (tertiary/aromatic N) is 3. The van der Waals surface area contributed by atoms with Crippen LogP contribution in [0.25, 0.3) is 22.4 Å². The Bertz CT molecular complexity index is 1010. The summed E-state index contributed by atoms with van der Waals surface area (Å²) in [6, 6.07) is 15.2. The molecule has 0 radical (unpaired) electrons. The monoisotopic (exact) mass is 347 g/mol. The molecule has 0 atom stereocenters. The lowest BCUT2D eigenvalue weighted by atomic mass is 9.99. The highest BCUT2D eigenvalue weighted by Gasteiger charge is 2.14. The highest BCUT2D eigenvalue weighted by molar-refractivity contribution is 5.78. The van der Waals surface area contributed by atoms with E-state index in [4.69, 9.17) is 20.9 Å². The standard InChI is InChI=1S/C19H17N5O2/c1-25-15-7-6-12(9-16(15)26-2)11-4-3-5-13(8-11)17-14(10-20)18(21)24-19(22)23-17/h3-9H,1-2H3,(H4,21,22,23,24). The number of benzene rings is 2. The molecule has 0 unspecified atom stereocenters. The van der Waals surface area contributed by atoms with Crippen molar-refractivity contribution < 1.29 is 9.47 Å². The molecule has 0 fully saturated rings. The molecule has 1 aromatic heterocycles. The van der Waals surface area contributed by atoms with Crippen molar-refractivity contribution in [2.45, 2.75) is 0 Å². The van der Waals surface area contributed by atoms with Gasteiger partial charge in [-0.05, 0) is 29.3 Å². The SMILES string of the molecule is COc1ccc(-c2cccc(-c3nc(N)nc(N)c3C#N)c2)cc1OC. The Labute approximate surface area is 150 Å². The first-order valence-electron chi connectivity index (χ1n) is 7.73. The molecule has 3 aromatic rings. The van der Waals surface area contributed by atoms with Crippen LogP contribution in [0.15, 0.2) is 42.5 Å². The molecule has 7 heteroatoms. The number of nitriles is 1. The molecular formula is C19H17N5O2. The van der Waals surface area contributed by atoms with Crippen LogP contribution in [0.3, 0.4) is 0 Å². The molecule has 26 heavy (non-hydrogen) atoms.